The highest BCUT2D eigenvalue weighted by Gasteiger charge is 2.38. The van der Waals surface area contributed by atoms with E-state index in [1.165, 1.54) is 35.7 Å². The van der Waals surface area contributed by atoms with Crippen molar-refractivity contribution in [1.29, 1.82) is 0 Å². The minimum atomic E-state index is -0.469. The highest BCUT2D eigenvalue weighted by molar-refractivity contribution is 6.33. The number of para-hydroxylation sites is 1. The fourth-order valence-corrected chi connectivity index (χ4v) is 5.90. The molecule has 2 aromatic heterocycles. The lowest BCUT2D eigenvalue weighted by Gasteiger charge is -2.35. The number of esters is 1. The second-order valence-electron chi connectivity index (χ2n) is 9.29. The highest BCUT2D eigenvalue weighted by atomic mass is 35.5. The summed E-state index contributed by atoms with van der Waals surface area (Å²) in [5.74, 6) is -0.391. The van der Waals surface area contributed by atoms with E-state index in [1.807, 2.05) is 22.8 Å². The number of ether oxygens (including phenoxy) is 2. The number of nitrogens with zero attached hydrogens (tertiary/aromatic N) is 5. The SMILES string of the molecule is COC(=O)c1cccc2c1N(C1c3ccccc3-c3ccccc31)CC(n1cnc3c(Cl)ncnc31)OC2. The fourth-order valence-electron chi connectivity index (χ4n) is 5.72. The van der Waals surface area contributed by atoms with Crippen molar-refractivity contribution in [3.63, 3.8) is 0 Å². The second kappa shape index (κ2) is 8.93. The Kier molecular flexibility index (Phi) is 5.38. The van der Waals surface area contributed by atoms with Crippen LogP contribution in [-0.4, -0.2) is 39.1 Å². The summed E-state index contributed by atoms with van der Waals surface area (Å²) in [6, 6.07) is 22.3. The van der Waals surface area contributed by atoms with Crippen LogP contribution in [0, 0.1) is 0 Å². The molecule has 3 heterocycles. The first-order valence-electron chi connectivity index (χ1n) is 12.3. The van der Waals surface area contributed by atoms with Crippen LogP contribution < -0.4 is 4.90 Å². The zero-order valence-electron chi connectivity index (χ0n) is 20.4. The summed E-state index contributed by atoms with van der Waals surface area (Å²) in [7, 11) is 1.41. The van der Waals surface area contributed by atoms with Crippen LogP contribution in [0.3, 0.4) is 0 Å². The summed E-state index contributed by atoms with van der Waals surface area (Å²) in [5, 5.41) is 0.286. The lowest BCUT2D eigenvalue weighted by molar-refractivity contribution is 0.00207. The van der Waals surface area contributed by atoms with Gasteiger partial charge in [-0.15, -0.1) is 0 Å². The number of halogens is 1. The summed E-state index contributed by atoms with van der Waals surface area (Å²) in [4.78, 5) is 28.3. The minimum Gasteiger partial charge on any atom is -0.465 e. The molecule has 38 heavy (non-hydrogen) atoms. The third-order valence-electron chi connectivity index (χ3n) is 7.33. The number of methoxy groups -OCH3 is 1. The number of fused-ring (bicyclic) bond motifs is 5. The second-order valence-corrected chi connectivity index (χ2v) is 9.65. The van der Waals surface area contributed by atoms with Gasteiger partial charge in [0.2, 0.25) is 0 Å². The normalized spacial score (nSPS) is 16.6. The van der Waals surface area contributed by atoms with Crippen molar-refractivity contribution in [1.82, 2.24) is 19.5 Å². The molecule has 0 bridgehead atoms. The average Bonchev–Trinajstić information content (AvgIpc) is 3.48. The number of imidazole rings is 1. The van der Waals surface area contributed by atoms with Gasteiger partial charge >= 0.3 is 5.97 Å². The van der Waals surface area contributed by atoms with Gasteiger partial charge in [-0.1, -0.05) is 72.3 Å². The third-order valence-corrected chi connectivity index (χ3v) is 7.61. The van der Waals surface area contributed by atoms with E-state index in [1.54, 1.807) is 6.33 Å². The van der Waals surface area contributed by atoms with Crippen molar-refractivity contribution in [3.05, 3.63) is 107 Å². The Balaban J connectivity index is 1.45. The van der Waals surface area contributed by atoms with E-state index in [4.69, 9.17) is 21.1 Å². The lowest BCUT2D eigenvalue weighted by Crippen LogP contribution is -2.35. The highest BCUT2D eigenvalue weighted by Crippen LogP contribution is 2.50. The molecule has 8 nitrogen and oxygen atoms in total. The van der Waals surface area contributed by atoms with Crippen LogP contribution in [-0.2, 0) is 16.1 Å². The maximum absolute atomic E-state index is 13.0. The van der Waals surface area contributed by atoms with Crippen molar-refractivity contribution >= 4 is 34.4 Å². The topological polar surface area (TPSA) is 82.4 Å². The first-order chi connectivity index (χ1) is 18.7. The largest absolute Gasteiger partial charge is 0.465 e. The van der Waals surface area contributed by atoms with Crippen LogP contribution >= 0.6 is 11.6 Å². The molecule has 2 aliphatic rings. The van der Waals surface area contributed by atoms with E-state index < -0.39 is 12.2 Å². The van der Waals surface area contributed by atoms with Crippen LogP contribution in [0.2, 0.25) is 5.15 Å². The number of carbonyl (C=O) groups excluding carboxylic acids is 1. The van der Waals surface area contributed by atoms with Crippen LogP contribution in [0.15, 0.2) is 79.4 Å². The molecule has 0 saturated heterocycles. The van der Waals surface area contributed by atoms with Crippen molar-refractivity contribution in [2.45, 2.75) is 18.9 Å². The molecule has 0 radical (unpaired) electrons. The van der Waals surface area contributed by atoms with Crippen LogP contribution in [0.5, 0.6) is 0 Å². The summed E-state index contributed by atoms with van der Waals surface area (Å²) in [6.45, 7) is 0.706. The van der Waals surface area contributed by atoms with E-state index in [0.717, 1.165) is 11.3 Å². The maximum Gasteiger partial charge on any atom is 0.339 e. The monoisotopic (exact) mass is 523 g/mol. The quantitative estimate of drug-likeness (QED) is 0.226. The number of anilines is 1. The molecule has 0 amide bonds. The minimum absolute atomic E-state index is 0.149. The summed E-state index contributed by atoms with van der Waals surface area (Å²) in [6.07, 6.45) is 2.64. The number of aromatic nitrogens is 4. The molecule has 0 N–H and O–H groups in total. The van der Waals surface area contributed by atoms with Gasteiger partial charge in [0.15, 0.2) is 17.0 Å². The Hall–Kier alpha value is -4.27. The summed E-state index contributed by atoms with van der Waals surface area (Å²) >= 11 is 6.30. The first-order valence-corrected chi connectivity index (χ1v) is 12.6. The van der Waals surface area contributed by atoms with Crippen LogP contribution in [0.4, 0.5) is 5.69 Å². The van der Waals surface area contributed by atoms with Crippen molar-refractivity contribution in [2.75, 3.05) is 18.6 Å². The molecule has 0 fully saturated rings. The maximum atomic E-state index is 13.0. The van der Waals surface area contributed by atoms with Gasteiger partial charge in [-0.2, -0.15) is 0 Å². The molecule has 188 valence electrons. The summed E-state index contributed by atoms with van der Waals surface area (Å²) in [5.41, 5.74) is 7.99. The third kappa shape index (κ3) is 3.41. The van der Waals surface area contributed by atoms with Gasteiger partial charge in [0.1, 0.15) is 11.8 Å². The zero-order chi connectivity index (χ0) is 25.8. The molecule has 1 unspecified atom stereocenters. The van der Waals surface area contributed by atoms with E-state index in [0.29, 0.717) is 23.3 Å². The van der Waals surface area contributed by atoms with E-state index >= 15 is 0 Å². The Morgan fingerprint density at radius 2 is 1.71 bits per heavy atom. The van der Waals surface area contributed by atoms with Crippen LogP contribution in [0.25, 0.3) is 22.3 Å². The number of hydrogen-bond acceptors (Lipinski definition) is 7. The van der Waals surface area contributed by atoms with Gasteiger partial charge in [-0.3, -0.25) is 4.57 Å². The van der Waals surface area contributed by atoms with Crippen molar-refractivity contribution in [2.24, 2.45) is 0 Å². The molecule has 0 spiro atoms. The number of hydrogen-bond donors (Lipinski definition) is 0. The predicted octanol–water partition coefficient (Wildman–Crippen LogP) is 5.57. The van der Waals surface area contributed by atoms with E-state index in [2.05, 4.69) is 68.4 Å². The number of carbonyl (C=O) groups is 1. The van der Waals surface area contributed by atoms with Crippen molar-refractivity contribution < 1.29 is 14.3 Å². The van der Waals surface area contributed by atoms with Crippen molar-refractivity contribution in [3.8, 4) is 11.1 Å². The Bertz CT molecular complexity index is 1670. The Labute approximate surface area is 223 Å². The van der Waals surface area contributed by atoms with Gasteiger partial charge in [0.25, 0.3) is 0 Å². The molecule has 0 saturated carbocycles. The fraction of sp³-hybridized carbons (Fsp3) is 0.172. The lowest BCUT2D eigenvalue weighted by atomic mass is 9.99. The summed E-state index contributed by atoms with van der Waals surface area (Å²) < 4.78 is 13.6. The van der Waals surface area contributed by atoms with Crippen LogP contribution in [0.1, 0.15) is 39.3 Å². The molecule has 9 heteroatoms. The van der Waals surface area contributed by atoms with Gasteiger partial charge in [-0.25, -0.2) is 19.7 Å². The molecule has 1 aliphatic carbocycles. The molecule has 3 aromatic carbocycles. The molecule has 1 atom stereocenters. The average molecular weight is 524 g/mol. The van der Waals surface area contributed by atoms with E-state index in [-0.39, 0.29) is 17.8 Å². The first kappa shape index (κ1) is 22.9. The van der Waals surface area contributed by atoms with Gasteiger partial charge in [0, 0.05) is 5.56 Å². The van der Waals surface area contributed by atoms with Gasteiger partial charge in [-0.05, 0) is 28.3 Å². The van der Waals surface area contributed by atoms with E-state index in [9.17, 15) is 4.79 Å². The van der Waals surface area contributed by atoms with Gasteiger partial charge < -0.3 is 14.4 Å². The zero-order valence-corrected chi connectivity index (χ0v) is 21.2. The molecule has 7 rings (SSSR count). The Morgan fingerprint density at radius 1 is 0.974 bits per heavy atom. The molecular formula is C29H22ClN5O3. The predicted molar refractivity (Wildman–Crippen MR) is 143 cm³/mol. The smallest absolute Gasteiger partial charge is 0.339 e. The Morgan fingerprint density at radius 3 is 2.45 bits per heavy atom. The molecular weight excluding hydrogens is 502 g/mol. The number of benzene rings is 3. The van der Waals surface area contributed by atoms with Gasteiger partial charge in [0.05, 0.1) is 43.9 Å². The molecule has 1 aliphatic heterocycles. The number of rotatable bonds is 3. The molecule has 5 aromatic rings. The standard InChI is InChI=1S/C29H22ClN5O3/c1-37-29(36)22-12-6-7-17-14-38-23(35-16-33-24-27(30)31-15-32-28(24)35)13-34(25(17)22)26-20-10-4-2-8-18(20)19-9-3-5-11-21(19)26/h2-12,15-16,23,26H,13-14H2,1H3.